The van der Waals surface area contributed by atoms with Crippen LogP contribution >= 0.6 is 11.6 Å². The number of morpholine rings is 1. The first-order valence-electron chi connectivity index (χ1n) is 10.1. The van der Waals surface area contributed by atoms with Crippen molar-refractivity contribution < 1.29 is 4.74 Å². The zero-order valence-corrected chi connectivity index (χ0v) is 17.2. The van der Waals surface area contributed by atoms with Gasteiger partial charge in [0.1, 0.15) is 5.82 Å². The molecule has 0 aliphatic carbocycles. The Hall–Kier alpha value is -1.95. The third kappa shape index (κ3) is 4.72. The van der Waals surface area contributed by atoms with Crippen LogP contribution in [0.1, 0.15) is 30.4 Å². The van der Waals surface area contributed by atoms with E-state index < -0.39 is 0 Å². The molecule has 1 aromatic heterocycles. The van der Waals surface area contributed by atoms with E-state index in [-0.39, 0.29) is 0 Å². The Kier molecular flexibility index (Phi) is 6.25. The summed E-state index contributed by atoms with van der Waals surface area (Å²) in [4.78, 5) is 14.5. The van der Waals surface area contributed by atoms with Crippen LogP contribution < -0.4 is 4.90 Å². The lowest BCUT2D eigenvalue weighted by Gasteiger charge is -2.29. The van der Waals surface area contributed by atoms with E-state index in [1.54, 1.807) is 0 Å². The second-order valence-electron chi connectivity index (χ2n) is 7.34. The van der Waals surface area contributed by atoms with Crippen molar-refractivity contribution in [3.63, 3.8) is 0 Å². The Morgan fingerprint density at radius 3 is 2.54 bits per heavy atom. The molecule has 1 aromatic carbocycles. The van der Waals surface area contributed by atoms with Crippen molar-refractivity contribution in [2.75, 3.05) is 44.3 Å². The fraction of sp³-hybridized carbons (Fsp3) is 0.455. The molecule has 0 saturated carbocycles. The van der Waals surface area contributed by atoms with Crippen molar-refractivity contribution in [2.24, 2.45) is 0 Å². The summed E-state index contributed by atoms with van der Waals surface area (Å²) >= 11 is 5.99. The van der Waals surface area contributed by atoms with Crippen LogP contribution in [-0.4, -0.2) is 54.3 Å². The molecule has 0 radical (unpaired) electrons. The number of hydrogen-bond acceptors (Lipinski definition) is 5. The summed E-state index contributed by atoms with van der Waals surface area (Å²) in [6.45, 7) is 8.35. The summed E-state index contributed by atoms with van der Waals surface area (Å²) < 4.78 is 5.48. The summed E-state index contributed by atoms with van der Waals surface area (Å²) in [6, 6.07) is 10.2. The Labute approximate surface area is 172 Å². The van der Waals surface area contributed by atoms with Gasteiger partial charge in [-0.15, -0.1) is 0 Å². The number of aromatic nitrogens is 2. The summed E-state index contributed by atoms with van der Waals surface area (Å²) in [7, 11) is 0. The molecule has 0 spiro atoms. The van der Waals surface area contributed by atoms with Gasteiger partial charge in [-0.25, -0.2) is 9.97 Å². The Morgan fingerprint density at radius 1 is 1.07 bits per heavy atom. The first-order chi connectivity index (χ1) is 13.7. The van der Waals surface area contributed by atoms with Crippen LogP contribution in [0.4, 0.5) is 5.82 Å². The van der Waals surface area contributed by atoms with Crippen molar-refractivity contribution in [1.82, 2.24) is 14.9 Å². The van der Waals surface area contributed by atoms with Gasteiger partial charge in [-0.3, -0.25) is 4.90 Å². The van der Waals surface area contributed by atoms with Crippen LogP contribution in [0.5, 0.6) is 0 Å². The van der Waals surface area contributed by atoms with E-state index in [2.05, 4.69) is 41.0 Å². The van der Waals surface area contributed by atoms with Crippen molar-refractivity contribution in [3.8, 4) is 0 Å². The molecule has 2 aliphatic rings. The molecule has 1 fully saturated rings. The summed E-state index contributed by atoms with van der Waals surface area (Å²) in [5, 5.41) is 0.786. The first kappa shape index (κ1) is 19.4. The third-order valence-electron chi connectivity index (χ3n) is 5.36. The highest BCUT2D eigenvalue weighted by Crippen LogP contribution is 2.24. The predicted octanol–water partition coefficient (Wildman–Crippen LogP) is 3.82. The van der Waals surface area contributed by atoms with Gasteiger partial charge in [0, 0.05) is 49.5 Å². The molecule has 2 aromatic rings. The Morgan fingerprint density at radius 2 is 1.86 bits per heavy atom. The minimum Gasteiger partial charge on any atom is -0.378 e. The van der Waals surface area contributed by atoms with E-state index in [1.807, 2.05) is 12.1 Å². The normalized spacial score (nSPS) is 18.2. The zero-order valence-electron chi connectivity index (χ0n) is 16.4. The van der Waals surface area contributed by atoms with E-state index >= 15 is 0 Å². The summed E-state index contributed by atoms with van der Waals surface area (Å²) in [6.07, 6.45) is 4.18. The van der Waals surface area contributed by atoms with Crippen LogP contribution in [0.2, 0.25) is 5.02 Å². The SMILES string of the molecule is CCc1cc(N2CCOCC2)nc(C2=CCN(Cc3ccc(Cl)cc3)CC2)n1. The molecule has 0 amide bonds. The molecule has 3 heterocycles. The highest BCUT2D eigenvalue weighted by atomic mass is 35.5. The minimum absolute atomic E-state index is 0.767. The quantitative estimate of drug-likeness (QED) is 0.765. The fourth-order valence-corrected chi connectivity index (χ4v) is 3.79. The molecule has 2 aliphatic heterocycles. The topological polar surface area (TPSA) is 41.5 Å². The number of ether oxygens (including phenoxy) is 1. The van der Waals surface area contributed by atoms with Crippen LogP contribution in [0.3, 0.4) is 0 Å². The summed E-state index contributed by atoms with van der Waals surface area (Å²) in [5.74, 6) is 1.93. The van der Waals surface area contributed by atoms with Gasteiger partial charge < -0.3 is 9.64 Å². The molecule has 5 nitrogen and oxygen atoms in total. The number of anilines is 1. The number of halogens is 1. The number of aryl methyl sites for hydroxylation is 1. The van der Waals surface area contributed by atoms with Crippen molar-refractivity contribution in [2.45, 2.75) is 26.3 Å². The van der Waals surface area contributed by atoms with Gasteiger partial charge in [-0.05, 0) is 36.1 Å². The van der Waals surface area contributed by atoms with Crippen LogP contribution in [0.25, 0.3) is 5.57 Å². The van der Waals surface area contributed by atoms with Crippen LogP contribution in [0.15, 0.2) is 36.4 Å². The Balaban J connectivity index is 1.47. The lowest BCUT2D eigenvalue weighted by Crippen LogP contribution is -2.37. The van der Waals surface area contributed by atoms with E-state index in [9.17, 15) is 0 Å². The Bertz CT molecular complexity index is 831. The second kappa shape index (κ2) is 9.03. The maximum absolute atomic E-state index is 5.99. The van der Waals surface area contributed by atoms with E-state index in [4.69, 9.17) is 26.3 Å². The number of hydrogen-bond donors (Lipinski definition) is 0. The van der Waals surface area contributed by atoms with Gasteiger partial charge in [0.05, 0.1) is 13.2 Å². The predicted molar refractivity (Wildman–Crippen MR) is 114 cm³/mol. The van der Waals surface area contributed by atoms with Gasteiger partial charge in [0.15, 0.2) is 5.82 Å². The van der Waals surface area contributed by atoms with Gasteiger partial charge in [-0.2, -0.15) is 0 Å². The fourth-order valence-electron chi connectivity index (χ4n) is 3.67. The standard InChI is InChI=1S/C22H27ClN4O/c1-2-20-15-21(27-11-13-28-14-12-27)25-22(24-20)18-7-9-26(10-8-18)16-17-3-5-19(23)6-4-17/h3-7,15H,2,8-14,16H2,1H3. The van der Waals surface area contributed by atoms with Crippen LogP contribution in [0, 0.1) is 0 Å². The van der Waals surface area contributed by atoms with Crippen molar-refractivity contribution in [3.05, 3.63) is 58.5 Å². The molecule has 0 N–H and O–H groups in total. The number of benzene rings is 1. The highest BCUT2D eigenvalue weighted by Gasteiger charge is 2.19. The first-order valence-corrected chi connectivity index (χ1v) is 10.5. The molecule has 6 heteroatoms. The molecule has 0 bridgehead atoms. The molecule has 0 atom stereocenters. The van der Waals surface area contributed by atoms with E-state index in [0.29, 0.717) is 0 Å². The van der Waals surface area contributed by atoms with Crippen LogP contribution in [-0.2, 0) is 17.7 Å². The highest BCUT2D eigenvalue weighted by molar-refractivity contribution is 6.30. The van der Waals surface area contributed by atoms with E-state index in [0.717, 1.165) is 81.1 Å². The molecule has 4 rings (SSSR count). The maximum Gasteiger partial charge on any atom is 0.157 e. The molecule has 0 unspecified atom stereocenters. The zero-order chi connectivity index (χ0) is 19.3. The third-order valence-corrected chi connectivity index (χ3v) is 5.61. The van der Waals surface area contributed by atoms with Gasteiger partial charge >= 0.3 is 0 Å². The number of rotatable bonds is 5. The van der Waals surface area contributed by atoms with Crippen molar-refractivity contribution in [1.29, 1.82) is 0 Å². The van der Waals surface area contributed by atoms with Gasteiger partial charge in [0.25, 0.3) is 0 Å². The smallest absolute Gasteiger partial charge is 0.157 e. The van der Waals surface area contributed by atoms with Gasteiger partial charge in [-0.1, -0.05) is 36.7 Å². The average molecular weight is 399 g/mol. The summed E-state index contributed by atoms with van der Waals surface area (Å²) in [5.41, 5.74) is 3.66. The number of nitrogens with zero attached hydrogens (tertiary/aromatic N) is 4. The molecule has 1 saturated heterocycles. The second-order valence-corrected chi connectivity index (χ2v) is 7.77. The minimum atomic E-state index is 0.767. The van der Waals surface area contributed by atoms with E-state index in [1.165, 1.54) is 11.1 Å². The largest absolute Gasteiger partial charge is 0.378 e. The molecular weight excluding hydrogens is 372 g/mol. The lowest BCUT2D eigenvalue weighted by atomic mass is 10.1. The molecule has 28 heavy (non-hydrogen) atoms. The monoisotopic (exact) mass is 398 g/mol. The van der Waals surface area contributed by atoms with Crippen molar-refractivity contribution >= 4 is 23.0 Å². The maximum atomic E-state index is 5.99. The van der Waals surface area contributed by atoms with Gasteiger partial charge in [0.2, 0.25) is 0 Å². The molecule has 148 valence electrons. The average Bonchev–Trinajstić information content (AvgIpc) is 2.76. The lowest BCUT2D eigenvalue weighted by molar-refractivity contribution is 0.122. The molecular formula is C22H27ClN4O.